The van der Waals surface area contributed by atoms with Gasteiger partial charge in [-0.1, -0.05) is 0 Å². The highest BCUT2D eigenvalue weighted by Crippen LogP contribution is 2.08. The Labute approximate surface area is 85.3 Å². The smallest absolute Gasteiger partial charge is 0.129 e. The van der Waals surface area contributed by atoms with Crippen molar-refractivity contribution < 1.29 is 0 Å². The fraction of sp³-hybridized carbons (Fsp3) is 0.455. The molecule has 0 saturated heterocycles. The first-order chi connectivity index (χ1) is 6.70. The second kappa shape index (κ2) is 4.74. The molecule has 0 spiro atoms. The van der Waals surface area contributed by atoms with E-state index in [0.717, 1.165) is 24.2 Å². The van der Waals surface area contributed by atoms with E-state index < -0.39 is 0 Å². The van der Waals surface area contributed by atoms with Crippen molar-refractivity contribution in [1.82, 2.24) is 9.88 Å². The van der Waals surface area contributed by atoms with Gasteiger partial charge in [-0.25, -0.2) is 0 Å². The normalized spacial score (nSPS) is 9.93. The van der Waals surface area contributed by atoms with Gasteiger partial charge < -0.3 is 4.90 Å². The Kier molecular flexibility index (Phi) is 3.63. The van der Waals surface area contributed by atoms with Gasteiger partial charge in [-0.15, -0.1) is 0 Å². The predicted octanol–water partition coefficient (Wildman–Crippen LogP) is 2.06. The van der Waals surface area contributed by atoms with Gasteiger partial charge in [0, 0.05) is 31.0 Å². The van der Waals surface area contributed by atoms with Crippen LogP contribution >= 0.6 is 0 Å². The minimum atomic E-state index is 0.570. The maximum absolute atomic E-state index is 8.01. The van der Waals surface area contributed by atoms with E-state index in [1.54, 1.807) is 12.4 Å². The molecule has 3 heteroatoms. The van der Waals surface area contributed by atoms with Crippen LogP contribution in [0.1, 0.15) is 25.0 Å². The average Bonchev–Trinajstić information content (AvgIpc) is 2.20. The lowest BCUT2D eigenvalue weighted by Gasteiger charge is -2.22. The zero-order valence-corrected chi connectivity index (χ0v) is 9.04. The molecular formula is C11H17N3. The summed E-state index contributed by atoms with van der Waals surface area (Å²) in [7, 11) is 0. The molecule has 1 aromatic heterocycles. The molecule has 0 aliphatic carbocycles. The second-order valence-electron chi connectivity index (χ2n) is 3.21. The summed E-state index contributed by atoms with van der Waals surface area (Å²) in [4.78, 5) is 6.07. The summed E-state index contributed by atoms with van der Waals surface area (Å²) in [5.74, 6) is 0.570. The maximum atomic E-state index is 8.01. The number of nitrogens with zero attached hydrogens (tertiary/aromatic N) is 2. The van der Waals surface area contributed by atoms with Crippen molar-refractivity contribution in [2.45, 2.75) is 20.8 Å². The van der Waals surface area contributed by atoms with Crippen LogP contribution < -0.4 is 0 Å². The van der Waals surface area contributed by atoms with E-state index in [4.69, 9.17) is 5.41 Å². The van der Waals surface area contributed by atoms with Crippen LogP contribution in [0.15, 0.2) is 18.5 Å². The van der Waals surface area contributed by atoms with Gasteiger partial charge >= 0.3 is 0 Å². The van der Waals surface area contributed by atoms with E-state index in [1.807, 2.05) is 17.9 Å². The number of amidine groups is 1. The van der Waals surface area contributed by atoms with Crippen LogP contribution in [-0.4, -0.2) is 28.8 Å². The molecule has 1 aromatic rings. The minimum Gasteiger partial charge on any atom is -0.357 e. The van der Waals surface area contributed by atoms with Gasteiger partial charge in [0.1, 0.15) is 5.84 Å². The number of rotatable bonds is 3. The third-order valence-corrected chi connectivity index (χ3v) is 2.37. The molecule has 0 atom stereocenters. The molecule has 1 N–H and O–H groups in total. The monoisotopic (exact) mass is 191 g/mol. The van der Waals surface area contributed by atoms with Crippen LogP contribution in [0.4, 0.5) is 0 Å². The van der Waals surface area contributed by atoms with Gasteiger partial charge in [0.2, 0.25) is 0 Å². The number of aryl methyl sites for hydroxylation is 1. The Balaban J connectivity index is 2.94. The number of nitrogens with one attached hydrogen (secondary N) is 1. The third-order valence-electron chi connectivity index (χ3n) is 2.37. The molecule has 1 heterocycles. The van der Waals surface area contributed by atoms with Crippen molar-refractivity contribution in [2.24, 2.45) is 0 Å². The molecule has 0 saturated carbocycles. The lowest BCUT2D eigenvalue weighted by molar-refractivity contribution is 0.463. The Morgan fingerprint density at radius 2 is 2.07 bits per heavy atom. The standard InChI is InChI=1S/C11H17N3/c1-4-14(5-2)11(12)10-8-13-7-6-9(10)3/h6-8,12H,4-5H2,1-3H3. The predicted molar refractivity (Wildman–Crippen MR) is 58.7 cm³/mol. The number of hydrogen-bond donors (Lipinski definition) is 1. The first-order valence-electron chi connectivity index (χ1n) is 4.95. The third kappa shape index (κ3) is 2.10. The van der Waals surface area contributed by atoms with E-state index in [0.29, 0.717) is 5.84 Å². The van der Waals surface area contributed by atoms with Crippen molar-refractivity contribution in [2.75, 3.05) is 13.1 Å². The van der Waals surface area contributed by atoms with Crippen LogP contribution in [0.5, 0.6) is 0 Å². The Bertz CT molecular complexity index is 316. The van der Waals surface area contributed by atoms with Crippen LogP contribution in [0.3, 0.4) is 0 Å². The minimum absolute atomic E-state index is 0.570. The topological polar surface area (TPSA) is 40.0 Å². The Morgan fingerprint density at radius 1 is 1.43 bits per heavy atom. The first kappa shape index (κ1) is 10.7. The zero-order valence-electron chi connectivity index (χ0n) is 9.04. The summed E-state index contributed by atoms with van der Waals surface area (Å²) >= 11 is 0. The van der Waals surface area contributed by atoms with Crippen molar-refractivity contribution in [3.8, 4) is 0 Å². The zero-order chi connectivity index (χ0) is 10.6. The molecule has 0 unspecified atom stereocenters. The molecule has 0 radical (unpaired) electrons. The maximum Gasteiger partial charge on any atom is 0.129 e. The lowest BCUT2D eigenvalue weighted by Crippen LogP contribution is -2.31. The first-order valence-corrected chi connectivity index (χ1v) is 4.95. The molecule has 1 rings (SSSR count). The second-order valence-corrected chi connectivity index (χ2v) is 3.21. The highest BCUT2D eigenvalue weighted by Gasteiger charge is 2.09. The Morgan fingerprint density at radius 3 is 2.57 bits per heavy atom. The highest BCUT2D eigenvalue weighted by atomic mass is 15.2. The average molecular weight is 191 g/mol. The van der Waals surface area contributed by atoms with Crippen molar-refractivity contribution in [1.29, 1.82) is 5.41 Å². The summed E-state index contributed by atoms with van der Waals surface area (Å²) in [6.45, 7) is 7.86. The Hall–Kier alpha value is -1.38. The van der Waals surface area contributed by atoms with Gasteiger partial charge in [0.25, 0.3) is 0 Å². The van der Waals surface area contributed by atoms with Crippen LogP contribution in [0.2, 0.25) is 0 Å². The summed E-state index contributed by atoms with van der Waals surface area (Å²) in [5.41, 5.74) is 2.04. The summed E-state index contributed by atoms with van der Waals surface area (Å²) in [5, 5.41) is 8.01. The molecule has 0 amide bonds. The molecular weight excluding hydrogens is 174 g/mol. The SMILES string of the molecule is CCN(CC)C(=N)c1cnccc1C. The van der Waals surface area contributed by atoms with E-state index >= 15 is 0 Å². The summed E-state index contributed by atoms with van der Waals surface area (Å²) in [6, 6.07) is 1.94. The van der Waals surface area contributed by atoms with Crippen molar-refractivity contribution in [3.63, 3.8) is 0 Å². The van der Waals surface area contributed by atoms with Gasteiger partial charge in [-0.3, -0.25) is 10.4 Å². The van der Waals surface area contributed by atoms with Gasteiger partial charge in [-0.2, -0.15) is 0 Å². The van der Waals surface area contributed by atoms with Crippen LogP contribution in [0, 0.1) is 12.3 Å². The quantitative estimate of drug-likeness (QED) is 0.586. The summed E-state index contributed by atoms with van der Waals surface area (Å²) in [6.07, 6.45) is 3.52. The molecule has 76 valence electrons. The number of hydrogen-bond acceptors (Lipinski definition) is 2. The van der Waals surface area contributed by atoms with E-state index in [1.165, 1.54) is 0 Å². The van der Waals surface area contributed by atoms with E-state index in [9.17, 15) is 0 Å². The van der Waals surface area contributed by atoms with E-state index in [-0.39, 0.29) is 0 Å². The number of pyridine rings is 1. The molecule has 0 fully saturated rings. The lowest BCUT2D eigenvalue weighted by atomic mass is 10.1. The van der Waals surface area contributed by atoms with E-state index in [2.05, 4.69) is 18.8 Å². The van der Waals surface area contributed by atoms with Gasteiger partial charge in [0.15, 0.2) is 0 Å². The van der Waals surface area contributed by atoms with Gasteiger partial charge in [0.05, 0.1) is 0 Å². The van der Waals surface area contributed by atoms with Crippen LogP contribution in [-0.2, 0) is 0 Å². The molecule has 0 aliphatic heterocycles. The van der Waals surface area contributed by atoms with Crippen molar-refractivity contribution in [3.05, 3.63) is 29.6 Å². The molecule has 0 aliphatic rings. The molecule has 3 nitrogen and oxygen atoms in total. The largest absolute Gasteiger partial charge is 0.357 e. The fourth-order valence-corrected chi connectivity index (χ4v) is 1.42. The fourth-order valence-electron chi connectivity index (χ4n) is 1.42. The van der Waals surface area contributed by atoms with Gasteiger partial charge in [-0.05, 0) is 32.4 Å². The molecule has 0 aromatic carbocycles. The van der Waals surface area contributed by atoms with Crippen LogP contribution in [0.25, 0.3) is 0 Å². The number of aromatic nitrogens is 1. The highest BCUT2D eigenvalue weighted by molar-refractivity contribution is 5.97. The van der Waals surface area contributed by atoms with Crippen molar-refractivity contribution >= 4 is 5.84 Å². The molecule has 0 bridgehead atoms. The molecule has 14 heavy (non-hydrogen) atoms. The summed E-state index contributed by atoms with van der Waals surface area (Å²) < 4.78 is 0.